The van der Waals surface area contributed by atoms with Gasteiger partial charge in [0.15, 0.2) is 0 Å². The summed E-state index contributed by atoms with van der Waals surface area (Å²) in [6, 6.07) is 9.89. The second kappa shape index (κ2) is 5.82. The van der Waals surface area contributed by atoms with Gasteiger partial charge in [0.2, 0.25) is 5.91 Å². The first kappa shape index (κ1) is 13.7. The highest BCUT2D eigenvalue weighted by Crippen LogP contribution is 2.17. The zero-order chi connectivity index (χ0) is 12.9. The van der Waals surface area contributed by atoms with E-state index in [4.69, 9.17) is 4.74 Å². The summed E-state index contributed by atoms with van der Waals surface area (Å²) in [5.74, 6) is 0.0375. The number of carbonyl (C=O) groups excluding carboxylic acids is 1. The standard InChI is InChI=1S/C14H21NO2/c1-14(2,3)13(16)15-10-12(17-4)11-8-6-5-7-9-11/h5-9,12H,10H2,1-4H3,(H,15,16). The summed E-state index contributed by atoms with van der Waals surface area (Å²) < 4.78 is 5.38. The molecule has 0 heterocycles. The Bertz CT molecular complexity index is 354. The van der Waals surface area contributed by atoms with Gasteiger partial charge in [-0.3, -0.25) is 4.79 Å². The van der Waals surface area contributed by atoms with E-state index in [1.165, 1.54) is 0 Å². The van der Waals surface area contributed by atoms with Crippen LogP contribution in [0, 0.1) is 5.41 Å². The van der Waals surface area contributed by atoms with E-state index in [2.05, 4.69) is 5.32 Å². The number of nitrogens with one attached hydrogen (secondary N) is 1. The Hall–Kier alpha value is -1.35. The molecule has 1 aromatic carbocycles. The van der Waals surface area contributed by atoms with Crippen molar-refractivity contribution in [1.82, 2.24) is 5.32 Å². The molecule has 0 aliphatic rings. The lowest BCUT2D eigenvalue weighted by molar-refractivity contribution is -0.129. The molecule has 94 valence electrons. The van der Waals surface area contributed by atoms with Gasteiger partial charge in [-0.25, -0.2) is 0 Å². The van der Waals surface area contributed by atoms with E-state index in [0.29, 0.717) is 6.54 Å². The zero-order valence-electron chi connectivity index (χ0n) is 11.0. The number of carbonyl (C=O) groups is 1. The van der Waals surface area contributed by atoms with Crippen LogP contribution in [-0.2, 0) is 9.53 Å². The van der Waals surface area contributed by atoms with Gasteiger partial charge in [-0.2, -0.15) is 0 Å². The Morgan fingerprint density at radius 2 is 1.88 bits per heavy atom. The van der Waals surface area contributed by atoms with Crippen molar-refractivity contribution in [3.63, 3.8) is 0 Å². The minimum absolute atomic E-state index is 0.0375. The summed E-state index contributed by atoms with van der Waals surface area (Å²) in [4.78, 5) is 11.7. The van der Waals surface area contributed by atoms with Crippen molar-refractivity contribution in [1.29, 1.82) is 0 Å². The van der Waals surface area contributed by atoms with Crippen molar-refractivity contribution in [3.05, 3.63) is 35.9 Å². The van der Waals surface area contributed by atoms with E-state index in [1.807, 2.05) is 51.1 Å². The first-order valence-corrected chi connectivity index (χ1v) is 5.81. The van der Waals surface area contributed by atoms with Crippen LogP contribution in [0.2, 0.25) is 0 Å². The predicted octanol–water partition coefficient (Wildman–Crippen LogP) is 2.54. The molecule has 0 aliphatic heterocycles. The lowest BCUT2D eigenvalue weighted by Gasteiger charge is -2.21. The maximum Gasteiger partial charge on any atom is 0.225 e. The van der Waals surface area contributed by atoms with Crippen LogP contribution in [0.25, 0.3) is 0 Å². The zero-order valence-corrected chi connectivity index (χ0v) is 11.0. The summed E-state index contributed by atoms with van der Waals surface area (Å²) in [5, 5.41) is 2.91. The minimum Gasteiger partial charge on any atom is -0.375 e. The molecule has 17 heavy (non-hydrogen) atoms. The van der Waals surface area contributed by atoms with Crippen LogP contribution < -0.4 is 5.32 Å². The number of benzene rings is 1. The quantitative estimate of drug-likeness (QED) is 0.871. The second-order valence-corrected chi connectivity index (χ2v) is 5.10. The molecule has 1 aromatic rings. The number of rotatable bonds is 4. The largest absolute Gasteiger partial charge is 0.375 e. The molecule has 0 radical (unpaired) electrons. The first-order valence-electron chi connectivity index (χ1n) is 5.81. The van der Waals surface area contributed by atoms with Gasteiger partial charge in [0.1, 0.15) is 0 Å². The number of hydrogen-bond donors (Lipinski definition) is 1. The summed E-state index contributed by atoms with van der Waals surface area (Å²) in [5.41, 5.74) is 0.707. The van der Waals surface area contributed by atoms with E-state index in [1.54, 1.807) is 7.11 Å². The van der Waals surface area contributed by atoms with Gasteiger partial charge in [0, 0.05) is 19.1 Å². The monoisotopic (exact) mass is 235 g/mol. The van der Waals surface area contributed by atoms with Crippen LogP contribution >= 0.6 is 0 Å². The fourth-order valence-electron chi connectivity index (χ4n) is 1.46. The molecule has 1 atom stereocenters. The van der Waals surface area contributed by atoms with E-state index in [0.717, 1.165) is 5.56 Å². The van der Waals surface area contributed by atoms with Gasteiger partial charge in [0.25, 0.3) is 0 Å². The van der Waals surface area contributed by atoms with Gasteiger partial charge >= 0.3 is 0 Å². The summed E-state index contributed by atoms with van der Waals surface area (Å²) in [6.45, 7) is 6.18. The normalized spacial score (nSPS) is 13.2. The van der Waals surface area contributed by atoms with Gasteiger partial charge < -0.3 is 10.1 Å². The molecule has 0 saturated carbocycles. The van der Waals surface area contributed by atoms with Crippen molar-refractivity contribution >= 4 is 5.91 Å². The SMILES string of the molecule is COC(CNC(=O)C(C)(C)C)c1ccccc1. The number of amides is 1. The Morgan fingerprint density at radius 1 is 1.29 bits per heavy atom. The Balaban J connectivity index is 2.58. The molecule has 0 aliphatic carbocycles. The summed E-state index contributed by atoms with van der Waals surface area (Å²) >= 11 is 0. The van der Waals surface area contributed by atoms with Crippen LogP contribution in [-0.4, -0.2) is 19.6 Å². The van der Waals surface area contributed by atoms with E-state index < -0.39 is 0 Å². The smallest absolute Gasteiger partial charge is 0.225 e. The minimum atomic E-state index is -0.366. The average Bonchev–Trinajstić information content (AvgIpc) is 2.29. The van der Waals surface area contributed by atoms with Gasteiger partial charge in [0.05, 0.1) is 6.10 Å². The summed E-state index contributed by atoms with van der Waals surface area (Å²) in [6.07, 6.45) is -0.0949. The molecule has 1 amide bonds. The predicted molar refractivity (Wildman–Crippen MR) is 68.7 cm³/mol. The van der Waals surface area contributed by atoms with Gasteiger partial charge in [-0.1, -0.05) is 51.1 Å². The molecule has 0 aromatic heterocycles. The molecule has 1 N–H and O–H groups in total. The van der Waals surface area contributed by atoms with Crippen LogP contribution in [0.15, 0.2) is 30.3 Å². The highest BCUT2D eigenvalue weighted by atomic mass is 16.5. The van der Waals surface area contributed by atoms with Crippen molar-refractivity contribution in [2.75, 3.05) is 13.7 Å². The fraction of sp³-hybridized carbons (Fsp3) is 0.500. The third-order valence-corrected chi connectivity index (χ3v) is 2.59. The van der Waals surface area contributed by atoms with Crippen molar-refractivity contribution in [2.24, 2.45) is 5.41 Å². The molecule has 0 saturated heterocycles. The molecular weight excluding hydrogens is 214 g/mol. The van der Waals surface area contributed by atoms with Crippen molar-refractivity contribution in [3.8, 4) is 0 Å². The number of methoxy groups -OCH3 is 1. The molecule has 0 bridgehead atoms. The topological polar surface area (TPSA) is 38.3 Å². The molecule has 1 unspecified atom stereocenters. The van der Waals surface area contributed by atoms with E-state index in [-0.39, 0.29) is 17.4 Å². The second-order valence-electron chi connectivity index (χ2n) is 5.10. The molecular formula is C14H21NO2. The highest BCUT2D eigenvalue weighted by molar-refractivity contribution is 5.81. The van der Waals surface area contributed by atoms with Gasteiger partial charge in [-0.15, -0.1) is 0 Å². The van der Waals surface area contributed by atoms with Crippen LogP contribution in [0.4, 0.5) is 0 Å². The van der Waals surface area contributed by atoms with Crippen LogP contribution in [0.3, 0.4) is 0 Å². The maximum atomic E-state index is 11.7. The van der Waals surface area contributed by atoms with E-state index in [9.17, 15) is 4.79 Å². The Morgan fingerprint density at radius 3 is 2.35 bits per heavy atom. The van der Waals surface area contributed by atoms with Crippen molar-refractivity contribution < 1.29 is 9.53 Å². The average molecular weight is 235 g/mol. The third-order valence-electron chi connectivity index (χ3n) is 2.59. The molecule has 1 rings (SSSR count). The number of hydrogen-bond acceptors (Lipinski definition) is 2. The molecule has 0 fully saturated rings. The highest BCUT2D eigenvalue weighted by Gasteiger charge is 2.22. The Labute approximate surface area is 103 Å². The maximum absolute atomic E-state index is 11.7. The van der Waals surface area contributed by atoms with Crippen molar-refractivity contribution in [2.45, 2.75) is 26.9 Å². The first-order chi connectivity index (χ1) is 7.95. The van der Waals surface area contributed by atoms with Crippen LogP contribution in [0.1, 0.15) is 32.4 Å². The molecule has 0 spiro atoms. The van der Waals surface area contributed by atoms with Crippen LogP contribution in [0.5, 0.6) is 0 Å². The number of ether oxygens (including phenoxy) is 1. The molecule has 3 nitrogen and oxygen atoms in total. The molecule has 3 heteroatoms. The van der Waals surface area contributed by atoms with Gasteiger partial charge in [-0.05, 0) is 5.56 Å². The summed E-state index contributed by atoms with van der Waals surface area (Å²) in [7, 11) is 1.65. The van der Waals surface area contributed by atoms with E-state index >= 15 is 0 Å². The lowest BCUT2D eigenvalue weighted by Crippen LogP contribution is -2.37. The third kappa shape index (κ3) is 4.19. The fourth-order valence-corrected chi connectivity index (χ4v) is 1.46. The lowest BCUT2D eigenvalue weighted by atomic mass is 9.95. The Kier molecular flexibility index (Phi) is 4.70.